The summed E-state index contributed by atoms with van der Waals surface area (Å²) in [7, 11) is 7.64. The van der Waals surface area contributed by atoms with E-state index >= 15 is 0 Å². The lowest BCUT2D eigenvalue weighted by Gasteiger charge is -2.24. The average Bonchev–Trinajstić information content (AvgIpc) is 0.729. The molecule has 4 heterocycles. The Balaban J connectivity index is 0.000000189. The highest BCUT2D eigenvalue weighted by atomic mass is 14.9. The first kappa shape index (κ1) is 54.9. The molecular formula is C100H120N4+4. The number of benzene rings is 8. The van der Waals surface area contributed by atoms with Crippen molar-refractivity contribution in [3.8, 4) is 89.5 Å². The van der Waals surface area contributed by atoms with Gasteiger partial charge in [-0.15, -0.1) is 0 Å². The van der Waals surface area contributed by atoms with Gasteiger partial charge in [0.05, 0.1) is 0 Å². The molecule has 0 atom stereocenters. The normalized spacial score (nSPS) is 15.5. The zero-order chi connectivity index (χ0) is 92.8. The van der Waals surface area contributed by atoms with Gasteiger partial charge in [-0.2, -0.15) is 0 Å². The molecule has 12 rings (SSSR count). The van der Waals surface area contributed by atoms with Gasteiger partial charge in [0, 0.05) is 97.2 Å². The molecule has 0 spiro atoms. The number of aromatic nitrogens is 4. The average molecular weight is 1400 g/mol. The summed E-state index contributed by atoms with van der Waals surface area (Å²) in [5.41, 5.74) is 17.2. The third-order valence-corrected chi connectivity index (χ3v) is 17.6. The number of hydrogen-bond donors (Lipinski definition) is 0. The summed E-state index contributed by atoms with van der Waals surface area (Å²) >= 11 is 0. The lowest BCUT2D eigenvalue weighted by Crippen LogP contribution is -2.33. The molecule has 0 amide bonds. The van der Waals surface area contributed by atoms with Crippen molar-refractivity contribution in [2.75, 3.05) is 0 Å². The van der Waals surface area contributed by atoms with Crippen molar-refractivity contribution >= 4 is 0 Å². The zero-order valence-corrected chi connectivity index (χ0v) is 64.9. The summed E-state index contributed by atoms with van der Waals surface area (Å²) in [6.45, 7) is 21.0. The Bertz CT molecular complexity index is 5800. The minimum atomic E-state index is -2.31. The molecule has 4 heteroatoms. The van der Waals surface area contributed by atoms with E-state index in [2.05, 4.69) is 0 Å². The van der Waals surface area contributed by atoms with Crippen molar-refractivity contribution in [2.45, 2.75) is 164 Å². The molecule has 0 aliphatic carbocycles. The largest absolute Gasteiger partial charge is 0.212 e. The van der Waals surface area contributed by atoms with Gasteiger partial charge in [0.1, 0.15) is 28.2 Å². The molecule has 0 aliphatic heterocycles. The second kappa shape index (κ2) is 33.4. The van der Waals surface area contributed by atoms with E-state index in [1.165, 1.54) is 0 Å². The van der Waals surface area contributed by atoms with Gasteiger partial charge in [-0.1, -0.05) is 229 Å². The van der Waals surface area contributed by atoms with E-state index in [-0.39, 0.29) is 5.56 Å². The monoisotopic (exact) mass is 1400 g/mol. The van der Waals surface area contributed by atoms with Crippen LogP contribution in [-0.2, 0) is 53.7 Å². The minimum Gasteiger partial charge on any atom is -0.201 e. The summed E-state index contributed by atoms with van der Waals surface area (Å²) in [5, 5.41) is 0. The molecule has 0 saturated carbocycles. The third-order valence-electron chi connectivity index (χ3n) is 17.6. The molecule has 4 aromatic heterocycles. The fraction of sp³-hybridized carbons (Fsp3) is 0.320. The van der Waals surface area contributed by atoms with Crippen LogP contribution in [0.3, 0.4) is 0 Å². The highest BCUT2D eigenvalue weighted by Crippen LogP contribution is 2.38. The van der Waals surface area contributed by atoms with Crippen molar-refractivity contribution in [2.24, 2.45) is 49.9 Å². The summed E-state index contributed by atoms with van der Waals surface area (Å²) in [6, 6.07) is 68.2. The lowest BCUT2D eigenvalue weighted by molar-refractivity contribution is -0.661. The van der Waals surface area contributed by atoms with Crippen molar-refractivity contribution in [3.63, 3.8) is 0 Å². The maximum atomic E-state index is 9.14. The molecule has 0 unspecified atom stereocenters. The first-order chi connectivity index (χ1) is 56.9. The van der Waals surface area contributed by atoms with Crippen LogP contribution in [0.25, 0.3) is 89.5 Å². The summed E-state index contributed by atoms with van der Waals surface area (Å²) in [6.07, 6.45) is 0.732. The highest BCUT2D eigenvalue weighted by molar-refractivity contribution is 5.79. The molecule has 0 radical (unpaired) electrons. The smallest absolute Gasteiger partial charge is 0.201 e. The van der Waals surface area contributed by atoms with E-state index in [0.29, 0.717) is 61.3 Å². The molecule has 8 aromatic carbocycles. The molecule has 0 aliphatic rings. The van der Waals surface area contributed by atoms with E-state index in [0.717, 1.165) is 89.4 Å². The van der Waals surface area contributed by atoms with Crippen LogP contribution < -0.4 is 18.3 Å². The summed E-state index contributed by atoms with van der Waals surface area (Å²) < 4.78 is 175. The van der Waals surface area contributed by atoms with Crippen molar-refractivity contribution in [3.05, 3.63) is 310 Å². The summed E-state index contributed by atoms with van der Waals surface area (Å²) in [4.78, 5) is 0. The molecule has 0 fully saturated rings. The van der Waals surface area contributed by atoms with Crippen LogP contribution >= 0.6 is 0 Å². The van der Waals surface area contributed by atoms with Gasteiger partial charge in [0.2, 0.25) is 22.8 Å². The fourth-order valence-corrected chi connectivity index (χ4v) is 12.8. The highest BCUT2D eigenvalue weighted by Gasteiger charge is 2.27. The lowest BCUT2D eigenvalue weighted by atomic mass is 9.81. The van der Waals surface area contributed by atoms with Crippen molar-refractivity contribution in [1.82, 2.24) is 0 Å². The molecule has 0 bridgehead atoms. The van der Waals surface area contributed by atoms with Gasteiger partial charge in [0.15, 0.2) is 24.8 Å². The van der Waals surface area contributed by atoms with Gasteiger partial charge in [-0.25, -0.2) is 18.3 Å². The predicted molar refractivity (Wildman–Crippen MR) is 444 cm³/mol. The van der Waals surface area contributed by atoms with Crippen LogP contribution in [0.2, 0.25) is 0 Å². The van der Waals surface area contributed by atoms with Gasteiger partial charge in [-0.05, 0) is 239 Å². The fourth-order valence-electron chi connectivity index (χ4n) is 12.8. The number of aryl methyl sites for hydroxylation is 12. The topological polar surface area (TPSA) is 15.5 Å². The van der Waals surface area contributed by atoms with E-state index in [9.17, 15) is 0 Å². The maximum Gasteiger partial charge on any atom is 0.212 e. The number of nitrogens with zero attached hydrogens (tertiary/aromatic N) is 4. The Morgan fingerprint density at radius 2 is 0.577 bits per heavy atom. The van der Waals surface area contributed by atoms with Crippen molar-refractivity contribution in [1.29, 1.82) is 0 Å². The quantitative estimate of drug-likeness (QED) is 0.108. The van der Waals surface area contributed by atoms with Crippen LogP contribution in [0.1, 0.15) is 177 Å². The van der Waals surface area contributed by atoms with Crippen LogP contribution in [0, 0.1) is 76.8 Å². The Hall–Kier alpha value is -9.64. The first-order valence-electron chi connectivity index (χ1n) is 45.8. The van der Waals surface area contributed by atoms with Crippen molar-refractivity contribution < 1.29 is 45.7 Å². The standard InChI is InChI=1S/C30H40N.2C25H30N.C20H20N/c1-21-15-22(2)27(17-26(21)23-13-11-10-12-14-23)28-16-24(18-29(3,4)5)25(20-31(28)9)19-30(6,7)8;1-18-14-19(2)23(15-22(18)21-10-8-7-9-11-21)24-13-12-20(17-26(24)6)16-25(3,4)5;1-18-14-19(2)23(16-22(18)21-10-8-7-9-11-21)24-15-20(12-13-26(24)6)17-25(3,4)5;1-15-13-16(2)19(20-11-7-8-12-21(20)3)14-18(15)17-9-5-4-6-10-17/h10-17,20H,18-19H2,1-9H3;7-15,17H,16H2,1-6H3;7-16H,17H2,1-6H3;4-14H,1-3H3/q4*+1/i1D3,18D2,19D2;1D3,16D2;1D3,17D2;1D3. The minimum absolute atomic E-state index is 0.263. The van der Waals surface area contributed by atoms with E-state index in [1.54, 1.807) is 36.5 Å². The van der Waals surface area contributed by atoms with Crippen LogP contribution in [0.4, 0.5) is 0 Å². The maximum absolute atomic E-state index is 9.14. The Kier molecular flexibility index (Phi) is 17.7. The number of hydrogen-bond acceptors (Lipinski definition) is 0. The number of pyridine rings is 4. The van der Waals surface area contributed by atoms with Crippen LogP contribution in [0.5, 0.6) is 0 Å². The number of rotatable bonds is 12. The molecule has 12 aromatic rings. The molecule has 0 N–H and O–H groups in total. The Morgan fingerprint density at radius 3 is 0.933 bits per heavy atom. The molecule has 536 valence electrons. The second-order valence-corrected chi connectivity index (χ2v) is 31.4. The van der Waals surface area contributed by atoms with Crippen LogP contribution in [-0.4, -0.2) is 0 Å². The molecule has 104 heavy (non-hydrogen) atoms. The van der Waals surface area contributed by atoms with Crippen LogP contribution in [0.15, 0.2) is 243 Å². The third kappa shape index (κ3) is 21.1. The van der Waals surface area contributed by atoms with Gasteiger partial charge < -0.3 is 0 Å². The Labute approximate surface area is 656 Å². The van der Waals surface area contributed by atoms with Gasteiger partial charge >= 0.3 is 0 Å². The molecular weight excluding hydrogens is 1260 g/mol. The van der Waals surface area contributed by atoms with E-state index in [1.807, 2.05) is 364 Å². The first-order valence-corrected chi connectivity index (χ1v) is 35.8. The Morgan fingerprint density at radius 1 is 0.260 bits per heavy atom. The molecule has 0 saturated heterocycles. The van der Waals surface area contributed by atoms with E-state index < -0.39 is 74.6 Å². The second-order valence-electron chi connectivity index (χ2n) is 31.4. The predicted octanol–water partition coefficient (Wildman–Crippen LogP) is 24.2. The SMILES string of the molecule is [2H]C([2H])([2H])c1cc(C)c(-c2cc(C([2H])([2H])C(C)(C)C)c(C([2H])([2H])C(C)(C)C)c[n+]2C)cc1-c1ccccc1.[2H]C([2H])([2H])c1cc(C)c(-c2cc(C([2H])([2H])C(C)(C)C)cc[n+]2C)cc1-c1ccccc1.[2H]C([2H])([2H])c1cc(C)c(-c2ccc(C([2H])([2H])C(C)(C)C)c[n+]2C)cc1-c1ccccc1.[2H]C([2H])([2H])c1cc(C)c(-c2cccc[n+]2C)cc1-c1ccccc1. The van der Waals surface area contributed by atoms with Gasteiger partial charge in [-0.3, -0.25) is 0 Å². The van der Waals surface area contributed by atoms with Gasteiger partial charge in [0.25, 0.3) is 0 Å². The zero-order valence-electron chi connectivity index (χ0n) is 84.9. The summed E-state index contributed by atoms with van der Waals surface area (Å²) in [5.74, 6) is 0. The molecule has 4 nitrogen and oxygen atoms in total. The van der Waals surface area contributed by atoms with E-state index in [4.69, 9.17) is 27.4 Å².